The Kier molecular flexibility index (Phi) is 4.46. The second kappa shape index (κ2) is 6.55. The number of phenols is 1. The van der Waals surface area contributed by atoms with E-state index in [-0.39, 0.29) is 29.2 Å². The number of esters is 1. The Morgan fingerprint density at radius 1 is 1.50 bits per heavy atom. The van der Waals surface area contributed by atoms with E-state index in [1.807, 2.05) is 4.90 Å². The highest BCUT2D eigenvalue weighted by atomic mass is 16.5. The number of ether oxygens (including phenoxy) is 2. The first kappa shape index (κ1) is 16.4. The van der Waals surface area contributed by atoms with Crippen molar-refractivity contribution in [3.63, 3.8) is 0 Å². The van der Waals surface area contributed by atoms with E-state index >= 15 is 0 Å². The van der Waals surface area contributed by atoms with Crippen molar-refractivity contribution < 1.29 is 24.2 Å². The maximum Gasteiger partial charge on any atom is 0.310 e. The summed E-state index contributed by atoms with van der Waals surface area (Å²) in [6.07, 6.45) is 3.32. The lowest BCUT2D eigenvalue weighted by atomic mass is 9.98. The number of fused-ring (bicyclic) bond motifs is 1. The molecule has 0 aliphatic carbocycles. The second-order valence-corrected chi connectivity index (χ2v) is 6.10. The summed E-state index contributed by atoms with van der Waals surface area (Å²) in [5.41, 5.74) is 1.00. The van der Waals surface area contributed by atoms with Gasteiger partial charge in [-0.3, -0.25) is 9.59 Å². The van der Waals surface area contributed by atoms with Crippen LogP contribution in [0.2, 0.25) is 0 Å². The van der Waals surface area contributed by atoms with Crippen LogP contribution >= 0.6 is 0 Å². The molecule has 0 aromatic heterocycles. The molecular formula is C18H21NO5. The van der Waals surface area contributed by atoms with Crippen molar-refractivity contribution >= 4 is 11.8 Å². The normalized spacial score (nSPS) is 21.6. The summed E-state index contributed by atoms with van der Waals surface area (Å²) in [7, 11) is 0. The molecule has 0 bridgehead atoms. The summed E-state index contributed by atoms with van der Waals surface area (Å²) in [5.74, 6) is 0.159. The molecule has 0 amide bonds. The molecule has 3 rings (SSSR count). The van der Waals surface area contributed by atoms with E-state index in [0.717, 1.165) is 19.4 Å². The number of Topliss-reactive ketones (excluding diaryl/α,β-unsaturated/α-hetero) is 1. The Balaban J connectivity index is 1.76. The molecule has 128 valence electrons. The van der Waals surface area contributed by atoms with Crippen molar-refractivity contribution in [1.82, 2.24) is 4.90 Å². The largest absolute Gasteiger partial charge is 0.508 e. The van der Waals surface area contributed by atoms with Gasteiger partial charge in [-0.15, -0.1) is 0 Å². The van der Waals surface area contributed by atoms with Crippen molar-refractivity contribution in [3.05, 3.63) is 35.2 Å². The van der Waals surface area contributed by atoms with E-state index in [1.54, 1.807) is 26.1 Å². The predicted molar refractivity (Wildman–Crippen MR) is 86.8 cm³/mol. The van der Waals surface area contributed by atoms with Gasteiger partial charge in [0.2, 0.25) is 5.78 Å². The van der Waals surface area contributed by atoms with E-state index in [1.165, 1.54) is 6.07 Å². The Hall–Kier alpha value is -2.50. The van der Waals surface area contributed by atoms with Crippen molar-refractivity contribution in [2.45, 2.75) is 26.7 Å². The third kappa shape index (κ3) is 2.96. The van der Waals surface area contributed by atoms with Gasteiger partial charge in [-0.1, -0.05) is 0 Å². The van der Waals surface area contributed by atoms with Crippen LogP contribution in [-0.4, -0.2) is 41.5 Å². The number of benzene rings is 1. The number of ketones is 1. The van der Waals surface area contributed by atoms with Crippen LogP contribution in [0.15, 0.2) is 24.1 Å². The molecule has 1 aromatic rings. The summed E-state index contributed by atoms with van der Waals surface area (Å²) in [6.45, 7) is 5.15. The highest BCUT2D eigenvalue weighted by molar-refractivity contribution is 6.12. The Labute approximate surface area is 140 Å². The number of likely N-dealkylation sites (tertiary alicyclic amines) is 1. The van der Waals surface area contributed by atoms with Gasteiger partial charge in [0.25, 0.3) is 0 Å². The number of carbonyl (C=O) groups excluding carboxylic acids is 2. The smallest absolute Gasteiger partial charge is 0.310 e. The molecule has 1 atom stereocenters. The fourth-order valence-electron chi connectivity index (χ4n) is 3.11. The summed E-state index contributed by atoms with van der Waals surface area (Å²) >= 11 is 0. The predicted octanol–water partition coefficient (Wildman–Crippen LogP) is 2.39. The van der Waals surface area contributed by atoms with Gasteiger partial charge in [0.1, 0.15) is 11.5 Å². The maximum absolute atomic E-state index is 12.5. The summed E-state index contributed by atoms with van der Waals surface area (Å²) < 4.78 is 10.8. The van der Waals surface area contributed by atoms with Crippen LogP contribution in [0.1, 0.15) is 35.7 Å². The molecule has 0 radical (unpaired) electrons. The lowest BCUT2D eigenvalue weighted by Crippen LogP contribution is -2.36. The van der Waals surface area contributed by atoms with Crippen LogP contribution in [0.5, 0.6) is 11.5 Å². The molecule has 1 fully saturated rings. The van der Waals surface area contributed by atoms with Gasteiger partial charge in [0.05, 0.1) is 18.1 Å². The van der Waals surface area contributed by atoms with Gasteiger partial charge < -0.3 is 19.5 Å². The van der Waals surface area contributed by atoms with Gasteiger partial charge in [0.15, 0.2) is 5.76 Å². The van der Waals surface area contributed by atoms with Crippen LogP contribution in [0.3, 0.4) is 0 Å². The number of hydrogen-bond donors (Lipinski definition) is 1. The van der Waals surface area contributed by atoms with Crippen molar-refractivity contribution in [2.75, 3.05) is 19.7 Å². The maximum atomic E-state index is 12.5. The molecule has 0 spiro atoms. The fraction of sp³-hybridized carbons (Fsp3) is 0.444. The zero-order chi connectivity index (χ0) is 17.3. The number of carbonyl (C=O) groups is 2. The summed E-state index contributed by atoms with van der Waals surface area (Å²) in [6, 6.07) is 3.06. The van der Waals surface area contributed by atoms with Crippen molar-refractivity contribution in [2.24, 2.45) is 5.92 Å². The van der Waals surface area contributed by atoms with Crippen LogP contribution in [0, 0.1) is 12.8 Å². The third-order valence-corrected chi connectivity index (χ3v) is 4.43. The molecule has 2 heterocycles. The van der Waals surface area contributed by atoms with Gasteiger partial charge >= 0.3 is 5.97 Å². The third-order valence-electron chi connectivity index (χ3n) is 4.43. The first-order chi connectivity index (χ1) is 11.5. The average Bonchev–Trinajstić information content (AvgIpc) is 2.88. The number of piperidine rings is 1. The molecule has 6 nitrogen and oxygen atoms in total. The van der Waals surface area contributed by atoms with E-state index in [2.05, 4.69) is 0 Å². The van der Waals surface area contributed by atoms with Gasteiger partial charge in [-0.25, -0.2) is 0 Å². The summed E-state index contributed by atoms with van der Waals surface area (Å²) in [4.78, 5) is 26.3. The first-order valence-electron chi connectivity index (χ1n) is 8.19. The number of hydrogen-bond acceptors (Lipinski definition) is 6. The van der Waals surface area contributed by atoms with Gasteiger partial charge in [-0.05, 0) is 38.8 Å². The number of phenolic OH excluding ortho intramolecular Hbond substituents is 1. The molecule has 2 aliphatic rings. The lowest BCUT2D eigenvalue weighted by Gasteiger charge is -2.30. The minimum absolute atomic E-state index is 0.100. The standard InChI is InChI=1S/C18H21NO5/c1-3-23-18(22)12-5-4-8-19(9-12)10-15-16(21)13-6-7-14(20)11(2)17(13)24-15/h6-7,10,12,20H,3-5,8-9H2,1-2H3/b15-10-/t12-/m0/s1. The van der Waals surface area contributed by atoms with Crippen molar-refractivity contribution in [1.29, 1.82) is 0 Å². The minimum Gasteiger partial charge on any atom is -0.508 e. The van der Waals surface area contributed by atoms with E-state index in [0.29, 0.717) is 30.0 Å². The Morgan fingerprint density at radius 3 is 3.04 bits per heavy atom. The molecule has 0 unspecified atom stereocenters. The molecule has 1 N–H and O–H groups in total. The highest BCUT2D eigenvalue weighted by Gasteiger charge is 2.32. The number of nitrogens with zero attached hydrogens (tertiary/aromatic N) is 1. The summed E-state index contributed by atoms with van der Waals surface area (Å²) in [5, 5.41) is 9.75. The van der Waals surface area contributed by atoms with E-state index in [9.17, 15) is 14.7 Å². The van der Waals surface area contributed by atoms with Crippen molar-refractivity contribution in [3.8, 4) is 11.5 Å². The number of aromatic hydroxyl groups is 1. The molecule has 6 heteroatoms. The number of allylic oxidation sites excluding steroid dienone is 1. The van der Waals surface area contributed by atoms with Crippen LogP contribution < -0.4 is 4.74 Å². The zero-order valence-corrected chi connectivity index (χ0v) is 13.9. The zero-order valence-electron chi connectivity index (χ0n) is 13.9. The molecule has 24 heavy (non-hydrogen) atoms. The second-order valence-electron chi connectivity index (χ2n) is 6.10. The Morgan fingerprint density at radius 2 is 2.29 bits per heavy atom. The number of rotatable bonds is 3. The van der Waals surface area contributed by atoms with Crippen LogP contribution in [0.4, 0.5) is 0 Å². The average molecular weight is 331 g/mol. The molecule has 1 saturated heterocycles. The quantitative estimate of drug-likeness (QED) is 0.677. The van der Waals surface area contributed by atoms with Gasteiger partial charge in [0, 0.05) is 24.9 Å². The van der Waals surface area contributed by atoms with Gasteiger partial charge in [-0.2, -0.15) is 0 Å². The fourth-order valence-corrected chi connectivity index (χ4v) is 3.11. The SMILES string of the molecule is CCOC(=O)[C@H]1CCCN(/C=C2\Oc3c(ccc(O)c3C)C2=O)C1. The molecular weight excluding hydrogens is 310 g/mol. The highest BCUT2D eigenvalue weighted by Crippen LogP contribution is 2.38. The topological polar surface area (TPSA) is 76.1 Å². The molecule has 2 aliphatic heterocycles. The first-order valence-corrected chi connectivity index (χ1v) is 8.19. The monoisotopic (exact) mass is 331 g/mol. The van der Waals surface area contributed by atoms with Crippen LogP contribution in [0.25, 0.3) is 0 Å². The van der Waals surface area contributed by atoms with E-state index < -0.39 is 0 Å². The van der Waals surface area contributed by atoms with Crippen LogP contribution in [-0.2, 0) is 9.53 Å². The Bertz CT molecular complexity index is 710. The van der Waals surface area contributed by atoms with E-state index in [4.69, 9.17) is 9.47 Å². The minimum atomic E-state index is -0.202. The lowest BCUT2D eigenvalue weighted by molar-refractivity contribution is -0.149. The molecule has 0 saturated carbocycles. The molecule has 1 aromatic carbocycles.